The third kappa shape index (κ3) is 6.43. The number of nitrogens with zero attached hydrogens (tertiary/aromatic N) is 6. The number of rotatable bonds is 12. The highest BCUT2D eigenvalue weighted by molar-refractivity contribution is 5.58. The van der Waals surface area contributed by atoms with Crippen molar-refractivity contribution in [2.75, 3.05) is 57.9 Å². The van der Waals surface area contributed by atoms with Gasteiger partial charge in [0.25, 0.3) is 0 Å². The molecule has 186 valence electrons. The average Bonchev–Trinajstić information content (AvgIpc) is 3.40. The molecule has 1 fully saturated rings. The van der Waals surface area contributed by atoms with Gasteiger partial charge in [-0.2, -0.15) is 0 Å². The first kappa shape index (κ1) is 24.8. The minimum Gasteiger partial charge on any atom is -0.494 e. The van der Waals surface area contributed by atoms with E-state index in [-0.39, 0.29) is 0 Å². The first-order valence-electron chi connectivity index (χ1n) is 13.0. The summed E-state index contributed by atoms with van der Waals surface area (Å²) in [4.78, 5) is 12.1. The SMILES string of the molecule is CCN(CC)CCNCCCOc1ccc(-c2nnc3c(n2)CN(C)CN3C2CCCC2)cc1. The zero-order chi connectivity index (χ0) is 23.8. The first-order chi connectivity index (χ1) is 16.7. The van der Waals surface area contributed by atoms with E-state index in [2.05, 4.69) is 51.1 Å². The second-order valence-corrected chi connectivity index (χ2v) is 9.47. The molecule has 1 aliphatic carbocycles. The monoisotopic (exact) mass is 467 g/mol. The molecule has 1 N–H and O–H groups in total. The van der Waals surface area contributed by atoms with Gasteiger partial charge in [0.1, 0.15) is 11.4 Å². The summed E-state index contributed by atoms with van der Waals surface area (Å²) in [6.45, 7) is 12.2. The lowest BCUT2D eigenvalue weighted by Crippen LogP contribution is -2.46. The highest BCUT2D eigenvalue weighted by atomic mass is 16.5. The molecule has 8 heteroatoms. The Morgan fingerprint density at radius 2 is 1.82 bits per heavy atom. The van der Waals surface area contributed by atoms with Crippen molar-refractivity contribution in [2.24, 2.45) is 0 Å². The van der Waals surface area contributed by atoms with Crippen LogP contribution >= 0.6 is 0 Å². The molecule has 8 nitrogen and oxygen atoms in total. The largest absolute Gasteiger partial charge is 0.494 e. The molecule has 2 heterocycles. The molecule has 1 aliphatic heterocycles. The summed E-state index contributed by atoms with van der Waals surface area (Å²) in [7, 11) is 2.15. The second-order valence-electron chi connectivity index (χ2n) is 9.47. The Hall–Kier alpha value is -2.29. The van der Waals surface area contributed by atoms with E-state index in [0.717, 1.165) is 75.2 Å². The zero-order valence-corrected chi connectivity index (χ0v) is 21.2. The van der Waals surface area contributed by atoms with Crippen molar-refractivity contribution in [1.82, 2.24) is 30.3 Å². The third-order valence-corrected chi connectivity index (χ3v) is 6.97. The van der Waals surface area contributed by atoms with Gasteiger partial charge in [0.15, 0.2) is 11.6 Å². The minimum absolute atomic E-state index is 0.567. The average molecular weight is 468 g/mol. The van der Waals surface area contributed by atoms with Crippen LogP contribution in [0.15, 0.2) is 24.3 Å². The van der Waals surface area contributed by atoms with Gasteiger partial charge in [-0.15, -0.1) is 10.2 Å². The minimum atomic E-state index is 0.567. The van der Waals surface area contributed by atoms with Gasteiger partial charge in [-0.3, -0.25) is 4.90 Å². The Kier molecular flexibility index (Phi) is 9.07. The standard InChI is InChI=1S/C26H41N7O/c1-4-32(5-2)17-16-27-15-8-18-34-23-13-11-21(12-14-23)25-28-24-19-31(3)20-33(26(24)30-29-25)22-9-6-7-10-22/h11-14,22,27H,4-10,15-20H2,1-3H3. The van der Waals surface area contributed by atoms with E-state index in [1.54, 1.807) is 0 Å². The molecule has 1 saturated carbocycles. The van der Waals surface area contributed by atoms with Crippen LogP contribution in [0.5, 0.6) is 5.75 Å². The van der Waals surface area contributed by atoms with Crippen LogP contribution in [-0.4, -0.2) is 84.1 Å². The predicted octanol–water partition coefficient (Wildman–Crippen LogP) is 3.39. The Bertz CT molecular complexity index is 881. The van der Waals surface area contributed by atoms with Gasteiger partial charge in [0.2, 0.25) is 0 Å². The van der Waals surface area contributed by atoms with Crippen LogP contribution in [0, 0.1) is 0 Å². The van der Waals surface area contributed by atoms with E-state index in [9.17, 15) is 0 Å². The van der Waals surface area contributed by atoms with Gasteiger partial charge in [-0.05, 0) is 70.2 Å². The summed E-state index contributed by atoms with van der Waals surface area (Å²) in [5, 5.41) is 12.6. The third-order valence-electron chi connectivity index (χ3n) is 6.97. The molecule has 34 heavy (non-hydrogen) atoms. The van der Waals surface area contributed by atoms with Crippen LogP contribution in [0.25, 0.3) is 11.4 Å². The van der Waals surface area contributed by atoms with Gasteiger partial charge in [-0.1, -0.05) is 26.7 Å². The van der Waals surface area contributed by atoms with Crippen LogP contribution in [0.4, 0.5) is 5.82 Å². The van der Waals surface area contributed by atoms with E-state index in [4.69, 9.17) is 9.72 Å². The number of hydrogen-bond acceptors (Lipinski definition) is 8. The fraction of sp³-hybridized carbons (Fsp3) is 0.654. The van der Waals surface area contributed by atoms with Crippen LogP contribution in [0.1, 0.15) is 51.6 Å². The first-order valence-corrected chi connectivity index (χ1v) is 13.0. The maximum Gasteiger partial charge on any atom is 0.182 e. The summed E-state index contributed by atoms with van der Waals surface area (Å²) in [5.74, 6) is 2.54. The van der Waals surface area contributed by atoms with Crippen molar-refractivity contribution in [3.05, 3.63) is 30.0 Å². The van der Waals surface area contributed by atoms with Crippen molar-refractivity contribution in [2.45, 2.75) is 58.5 Å². The molecule has 1 aromatic heterocycles. The quantitative estimate of drug-likeness (QED) is 0.477. The van der Waals surface area contributed by atoms with E-state index >= 15 is 0 Å². The molecule has 0 amide bonds. The molecule has 1 aromatic carbocycles. The number of likely N-dealkylation sites (N-methyl/N-ethyl adjacent to an activating group) is 1. The summed E-state index contributed by atoms with van der Waals surface area (Å²) in [6, 6.07) is 8.63. The van der Waals surface area contributed by atoms with Gasteiger partial charge in [-0.25, -0.2) is 4.98 Å². The van der Waals surface area contributed by atoms with Crippen LogP contribution in [0.2, 0.25) is 0 Å². The second kappa shape index (κ2) is 12.4. The topological polar surface area (TPSA) is 69.6 Å². The number of fused-ring (bicyclic) bond motifs is 1. The molecule has 0 unspecified atom stereocenters. The van der Waals surface area contributed by atoms with Gasteiger partial charge in [0.05, 0.1) is 13.3 Å². The number of anilines is 1. The maximum atomic E-state index is 5.92. The Morgan fingerprint density at radius 3 is 2.56 bits per heavy atom. The highest BCUT2D eigenvalue weighted by Crippen LogP contribution is 2.32. The lowest BCUT2D eigenvalue weighted by molar-refractivity contribution is 0.287. The molecule has 2 aromatic rings. The van der Waals surface area contributed by atoms with Crippen molar-refractivity contribution in [1.29, 1.82) is 0 Å². The fourth-order valence-electron chi connectivity index (χ4n) is 4.93. The maximum absolute atomic E-state index is 5.92. The molecular formula is C26H41N7O. The van der Waals surface area contributed by atoms with Gasteiger partial charge in [0, 0.05) is 31.2 Å². The van der Waals surface area contributed by atoms with Gasteiger partial charge < -0.3 is 19.9 Å². The van der Waals surface area contributed by atoms with Crippen molar-refractivity contribution >= 4 is 5.82 Å². The predicted molar refractivity (Wildman–Crippen MR) is 137 cm³/mol. The normalized spacial score (nSPS) is 16.9. The summed E-state index contributed by atoms with van der Waals surface area (Å²) >= 11 is 0. The van der Waals surface area contributed by atoms with Crippen molar-refractivity contribution in [3.8, 4) is 17.1 Å². The molecule has 0 spiro atoms. The van der Waals surface area contributed by atoms with Crippen LogP contribution < -0.4 is 15.0 Å². The highest BCUT2D eigenvalue weighted by Gasteiger charge is 2.31. The van der Waals surface area contributed by atoms with Gasteiger partial charge >= 0.3 is 0 Å². The van der Waals surface area contributed by atoms with Crippen LogP contribution in [-0.2, 0) is 6.54 Å². The number of aromatic nitrogens is 3. The lowest BCUT2D eigenvalue weighted by atomic mass is 10.1. The van der Waals surface area contributed by atoms with Crippen molar-refractivity contribution < 1.29 is 4.74 Å². The van der Waals surface area contributed by atoms with Crippen molar-refractivity contribution in [3.63, 3.8) is 0 Å². The molecule has 0 saturated heterocycles. The molecule has 0 radical (unpaired) electrons. The smallest absolute Gasteiger partial charge is 0.182 e. The fourth-order valence-corrected chi connectivity index (χ4v) is 4.93. The summed E-state index contributed by atoms with van der Waals surface area (Å²) < 4.78 is 5.92. The summed E-state index contributed by atoms with van der Waals surface area (Å²) in [6.07, 6.45) is 6.08. The zero-order valence-electron chi connectivity index (χ0n) is 21.2. The molecule has 0 atom stereocenters. The molecule has 0 bridgehead atoms. The molecule has 4 rings (SSSR count). The Balaban J connectivity index is 1.27. The van der Waals surface area contributed by atoms with E-state index in [1.807, 2.05) is 24.3 Å². The lowest BCUT2D eigenvalue weighted by Gasteiger charge is -2.38. The number of nitrogens with one attached hydrogen (secondary N) is 1. The molecule has 2 aliphatic rings. The summed E-state index contributed by atoms with van der Waals surface area (Å²) in [5.41, 5.74) is 2.00. The Morgan fingerprint density at radius 1 is 1.06 bits per heavy atom. The van der Waals surface area contributed by atoms with E-state index in [0.29, 0.717) is 18.5 Å². The van der Waals surface area contributed by atoms with E-state index in [1.165, 1.54) is 25.7 Å². The number of ether oxygens (including phenoxy) is 1. The molecular weight excluding hydrogens is 426 g/mol. The number of benzene rings is 1. The number of hydrogen-bond donors (Lipinski definition) is 1. The Labute approximate surface area is 204 Å². The van der Waals surface area contributed by atoms with E-state index < -0.39 is 0 Å². The van der Waals surface area contributed by atoms with Crippen LogP contribution in [0.3, 0.4) is 0 Å².